The molecular formula is C18H30N2. The van der Waals surface area contributed by atoms with Crippen molar-refractivity contribution < 1.29 is 0 Å². The molecule has 1 aromatic rings. The Kier molecular flexibility index (Phi) is 5.22. The van der Waals surface area contributed by atoms with Crippen LogP contribution in [0.25, 0.3) is 0 Å². The van der Waals surface area contributed by atoms with Gasteiger partial charge in [0, 0.05) is 32.2 Å². The zero-order valence-corrected chi connectivity index (χ0v) is 13.5. The minimum atomic E-state index is 0.366. The van der Waals surface area contributed by atoms with Crippen molar-refractivity contribution in [3.63, 3.8) is 0 Å². The number of nitrogens with one attached hydrogen (secondary N) is 1. The summed E-state index contributed by atoms with van der Waals surface area (Å²) in [5.41, 5.74) is 1.79. The number of rotatable bonds is 4. The molecule has 2 heteroatoms. The highest BCUT2D eigenvalue weighted by Gasteiger charge is 2.25. The summed E-state index contributed by atoms with van der Waals surface area (Å²) in [5, 5.41) is 3.77. The summed E-state index contributed by atoms with van der Waals surface area (Å²) in [5.74, 6) is 0.782. The van der Waals surface area contributed by atoms with E-state index in [0.29, 0.717) is 11.5 Å². The predicted octanol–water partition coefficient (Wildman–Crippen LogP) is 3.53. The van der Waals surface area contributed by atoms with E-state index in [0.717, 1.165) is 19.0 Å². The molecule has 112 valence electrons. The lowest BCUT2D eigenvalue weighted by Crippen LogP contribution is -2.49. The first kappa shape index (κ1) is 15.5. The van der Waals surface area contributed by atoms with Crippen LogP contribution in [0.1, 0.15) is 39.7 Å². The fourth-order valence-electron chi connectivity index (χ4n) is 3.03. The summed E-state index contributed by atoms with van der Waals surface area (Å²) >= 11 is 0. The Labute approximate surface area is 124 Å². The van der Waals surface area contributed by atoms with Crippen LogP contribution in [-0.4, -0.2) is 30.6 Å². The summed E-state index contributed by atoms with van der Waals surface area (Å²) < 4.78 is 0. The standard InChI is InChI=1S/C18H30N2/c1-15-10-17(19-14-18(2,3)4)13-20(11-15)12-16-8-6-5-7-9-16/h5-9,15,17,19H,10-14H2,1-4H3. The molecular weight excluding hydrogens is 244 g/mol. The topological polar surface area (TPSA) is 15.3 Å². The Morgan fingerprint density at radius 2 is 1.85 bits per heavy atom. The van der Waals surface area contributed by atoms with Gasteiger partial charge in [-0.15, -0.1) is 0 Å². The second-order valence-corrected chi connectivity index (χ2v) is 7.66. The average molecular weight is 274 g/mol. The SMILES string of the molecule is CC1CC(NCC(C)(C)C)CN(Cc2ccccc2)C1. The fraction of sp³-hybridized carbons (Fsp3) is 0.667. The molecule has 1 fully saturated rings. The summed E-state index contributed by atoms with van der Waals surface area (Å²) in [7, 11) is 0. The van der Waals surface area contributed by atoms with Crippen molar-refractivity contribution in [2.24, 2.45) is 11.3 Å². The van der Waals surface area contributed by atoms with Gasteiger partial charge in [-0.1, -0.05) is 58.0 Å². The van der Waals surface area contributed by atoms with Crippen LogP contribution >= 0.6 is 0 Å². The molecule has 1 aliphatic heterocycles. The Balaban J connectivity index is 1.88. The quantitative estimate of drug-likeness (QED) is 0.903. The first-order chi connectivity index (χ1) is 9.42. The molecule has 1 aromatic carbocycles. The number of hydrogen-bond donors (Lipinski definition) is 1. The lowest BCUT2D eigenvalue weighted by Gasteiger charge is -2.38. The van der Waals surface area contributed by atoms with Gasteiger partial charge in [-0.25, -0.2) is 0 Å². The monoisotopic (exact) mass is 274 g/mol. The summed E-state index contributed by atoms with van der Waals surface area (Å²) in [4.78, 5) is 2.60. The van der Waals surface area contributed by atoms with Crippen LogP contribution in [0.2, 0.25) is 0 Å². The van der Waals surface area contributed by atoms with Gasteiger partial charge in [0.05, 0.1) is 0 Å². The van der Waals surface area contributed by atoms with Crippen LogP contribution < -0.4 is 5.32 Å². The van der Waals surface area contributed by atoms with Gasteiger partial charge in [0.2, 0.25) is 0 Å². The minimum absolute atomic E-state index is 0.366. The van der Waals surface area contributed by atoms with Gasteiger partial charge in [0.15, 0.2) is 0 Å². The molecule has 1 aliphatic rings. The third-order valence-electron chi connectivity index (χ3n) is 3.91. The number of benzene rings is 1. The Morgan fingerprint density at radius 3 is 2.50 bits per heavy atom. The molecule has 0 bridgehead atoms. The third-order valence-corrected chi connectivity index (χ3v) is 3.91. The number of hydrogen-bond acceptors (Lipinski definition) is 2. The maximum Gasteiger partial charge on any atom is 0.0234 e. The highest BCUT2D eigenvalue weighted by molar-refractivity contribution is 5.14. The van der Waals surface area contributed by atoms with Crippen molar-refractivity contribution in [3.8, 4) is 0 Å². The molecule has 0 radical (unpaired) electrons. The molecule has 2 unspecified atom stereocenters. The number of nitrogens with zero attached hydrogens (tertiary/aromatic N) is 1. The van der Waals surface area contributed by atoms with Crippen LogP contribution in [0.15, 0.2) is 30.3 Å². The lowest BCUT2D eigenvalue weighted by atomic mass is 9.92. The normalized spacial score (nSPS) is 24.8. The van der Waals surface area contributed by atoms with E-state index in [-0.39, 0.29) is 0 Å². The molecule has 0 aromatic heterocycles. The Morgan fingerprint density at radius 1 is 1.15 bits per heavy atom. The first-order valence-electron chi connectivity index (χ1n) is 7.92. The largest absolute Gasteiger partial charge is 0.312 e. The van der Waals surface area contributed by atoms with E-state index in [2.05, 4.69) is 68.2 Å². The second-order valence-electron chi connectivity index (χ2n) is 7.66. The maximum atomic E-state index is 3.77. The molecule has 0 spiro atoms. The molecule has 2 nitrogen and oxygen atoms in total. The van der Waals surface area contributed by atoms with E-state index in [1.165, 1.54) is 25.1 Å². The van der Waals surface area contributed by atoms with Gasteiger partial charge < -0.3 is 5.32 Å². The molecule has 0 saturated carbocycles. The average Bonchev–Trinajstić information content (AvgIpc) is 2.36. The minimum Gasteiger partial charge on any atom is -0.312 e. The van der Waals surface area contributed by atoms with Crippen LogP contribution in [0.4, 0.5) is 0 Å². The van der Waals surface area contributed by atoms with Crippen molar-refractivity contribution >= 4 is 0 Å². The molecule has 0 amide bonds. The van der Waals surface area contributed by atoms with E-state index in [1.807, 2.05) is 0 Å². The maximum absolute atomic E-state index is 3.77. The summed E-state index contributed by atoms with van der Waals surface area (Å²) in [6, 6.07) is 11.5. The predicted molar refractivity (Wildman–Crippen MR) is 86.7 cm³/mol. The second kappa shape index (κ2) is 6.73. The van der Waals surface area contributed by atoms with Crippen molar-refractivity contribution in [3.05, 3.63) is 35.9 Å². The van der Waals surface area contributed by atoms with Gasteiger partial charge in [-0.2, -0.15) is 0 Å². The van der Waals surface area contributed by atoms with Crippen LogP contribution in [0.5, 0.6) is 0 Å². The van der Waals surface area contributed by atoms with Gasteiger partial charge in [0.1, 0.15) is 0 Å². The highest BCUT2D eigenvalue weighted by Crippen LogP contribution is 2.20. The smallest absolute Gasteiger partial charge is 0.0234 e. The third kappa shape index (κ3) is 5.26. The fourth-order valence-corrected chi connectivity index (χ4v) is 3.03. The molecule has 2 rings (SSSR count). The first-order valence-corrected chi connectivity index (χ1v) is 7.92. The Hall–Kier alpha value is -0.860. The van der Waals surface area contributed by atoms with E-state index < -0.39 is 0 Å². The van der Waals surface area contributed by atoms with Crippen LogP contribution in [-0.2, 0) is 6.54 Å². The van der Waals surface area contributed by atoms with E-state index in [4.69, 9.17) is 0 Å². The lowest BCUT2D eigenvalue weighted by molar-refractivity contribution is 0.136. The van der Waals surface area contributed by atoms with Gasteiger partial charge in [0.25, 0.3) is 0 Å². The molecule has 2 atom stereocenters. The Bertz CT molecular complexity index is 394. The van der Waals surface area contributed by atoms with Crippen molar-refractivity contribution in [2.75, 3.05) is 19.6 Å². The molecule has 20 heavy (non-hydrogen) atoms. The van der Waals surface area contributed by atoms with Crippen LogP contribution in [0.3, 0.4) is 0 Å². The van der Waals surface area contributed by atoms with Gasteiger partial charge in [-0.05, 0) is 23.3 Å². The summed E-state index contributed by atoms with van der Waals surface area (Å²) in [6.45, 7) is 13.9. The molecule has 1 saturated heterocycles. The zero-order chi connectivity index (χ0) is 14.6. The molecule has 1 heterocycles. The van der Waals surface area contributed by atoms with Crippen LogP contribution in [0, 0.1) is 11.3 Å². The van der Waals surface area contributed by atoms with E-state index >= 15 is 0 Å². The zero-order valence-electron chi connectivity index (χ0n) is 13.5. The van der Waals surface area contributed by atoms with E-state index in [1.54, 1.807) is 0 Å². The van der Waals surface area contributed by atoms with Gasteiger partial charge >= 0.3 is 0 Å². The van der Waals surface area contributed by atoms with Crippen molar-refractivity contribution in [2.45, 2.75) is 46.7 Å². The van der Waals surface area contributed by atoms with Gasteiger partial charge in [-0.3, -0.25) is 4.90 Å². The summed E-state index contributed by atoms with van der Waals surface area (Å²) in [6.07, 6.45) is 1.31. The number of piperidine rings is 1. The highest BCUT2D eigenvalue weighted by atomic mass is 15.2. The van der Waals surface area contributed by atoms with E-state index in [9.17, 15) is 0 Å². The molecule has 0 aliphatic carbocycles. The van der Waals surface area contributed by atoms with Crippen molar-refractivity contribution in [1.29, 1.82) is 0 Å². The number of likely N-dealkylation sites (tertiary alicyclic amines) is 1. The van der Waals surface area contributed by atoms with Crippen molar-refractivity contribution in [1.82, 2.24) is 10.2 Å². The molecule has 1 N–H and O–H groups in total.